The van der Waals surface area contributed by atoms with Gasteiger partial charge in [-0.05, 0) is 25.0 Å². The lowest BCUT2D eigenvalue weighted by molar-refractivity contribution is -0.148. The van der Waals surface area contributed by atoms with Crippen LogP contribution in [0.1, 0.15) is 42.1 Å². The highest BCUT2D eigenvalue weighted by molar-refractivity contribution is 6.10. The van der Waals surface area contributed by atoms with Gasteiger partial charge in [0.2, 0.25) is 5.78 Å². The van der Waals surface area contributed by atoms with E-state index in [0.29, 0.717) is 12.0 Å². The second kappa shape index (κ2) is 7.34. The number of H-pyrrole nitrogens is 1. The Hall–Kier alpha value is -2.88. The zero-order chi connectivity index (χ0) is 17.8. The second-order valence-electron chi connectivity index (χ2n) is 6.06. The third-order valence-electron chi connectivity index (χ3n) is 4.41. The monoisotopic (exact) mass is 335 g/mol. The topological polar surface area (TPSA) is 59.2 Å². The van der Waals surface area contributed by atoms with Crippen molar-refractivity contribution < 1.29 is 14.3 Å². The van der Waals surface area contributed by atoms with E-state index in [4.69, 9.17) is 4.74 Å². The van der Waals surface area contributed by atoms with Gasteiger partial charge in [0.15, 0.2) is 6.10 Å². The molecule has 0 aliphatic carbocycles. The van der Waals surface area contributed by atoms with Gasteiger partial charge >= 0.3 is 5.97 Å². The van der Waals surface area contributed by atoms with Gasteiger partial charge in [0.25, 0.3) is 0 Å². The van der Waals surface area contributed by atoms with Crippen LogP contribution in [-0.4, -0.2) is 22.8 Å². The number of hydrogen-bond donors (Lipinski definition) is 1. The molecule has 128 valence electrons. The number of ether oxygens (including phenoxy) is 1. The first-order valence-electron chi connectivity index (χ1n) is 8.47. The maximum Gasteiger partial charge on any atom is 0.314 e. The normalized spacial score (nSPS) is 13.4. The molecule has 2 atom stereocenters. The number of ketones is 1. The molecule has 1 aromatic heterocycles. The lowest BCUT2D eigenvalue weighted by Crippen LogP contribution is -2.27. The Bertz CT molecular complexity index is 882. The molecule has 4 nitrogen and oxygen atoms in total. The highest BCUT2D eigenvalue weighted by Gasteiger charge is 2.26. The third-order valence-corrected chi connectivity index (χ3v) is 4.41. The summed E-state index contributed by atoms with van der Waals surface area (Å²) in [7, 11) is 0. The van der Waals surface area contributed by atoms with Gasteiger partial charge in [-0.1, -0.05) is 55.5 Å². The Balaban J connectivity index is 1.75. The molecule has 0 aliphatic heterocycles. The second-order valence-corrected chi connectivity index (χ2v) is 6.06. The lowest BCUT2D eigenvalue weighted by atomic mass is 9.96. The van der Waals surface area contributed by atoms with E-state index in [9.17, 15) is 9.59 Å². The number of esters is 1. The summed E-state index contributed by atoms with van der Waals surface area (Å²) in [5.74, 6) is -0.928. The number of benzene rings is 2. The van der Waals surface area contributed by atoms with Crippen LogP contribution in [0, 0.1) is 0 Å². The molecule has 3 rings (SSSR count). The first kappa shape index (κ1) is 17.0. The Morgan fingerprint density at radius 2 is 1.72 bits per heavy atom. The van der Waals surface area contributed by atoms with Gasteiger partial charge in [0.05, 0.1) is 5.92 Å². The van der Waals surface area contributed by atoms with E-state index in [1.165, 1.54) is 0 Å². The van der Waals surface area contributed by atoms with E-state index in [1.807, 2.05) is 61.5 Å². The van der Waals surface area contributed by atoms with E-state index in [1.54, 1.807) is 13.1 Å². The van der Waals surface area contributed by atoms with Gasteiger partial charge in [-0.25, -0.2) is 0 Å². The quantitative estimate of drug-likeness (QED) is 0.534. The average Bonchev–Trinajstić information content (AvgIpc) is 3.06. The molecular formula is C21H21NO3. The van der Waals surface area contributed by atoms with Crippen LogP contribution in [-0.2, 0) is 9.53 Å². The van der Waals surface area contributed by atoms with Gasteiger partial charge in [0.1, 0.15) is 0 Å². The van der Waals surface area contributed by atoms with Crippen LogP contribution in [0.15, 0.2) is 60.8 Å². The Kier molecular flexibility index (Phi) is 4.98. The molecule has 25 heavy (non-hydrogen) atoms. The number of nitrogens with one attached hydrogen (secondary N) is 1. The standard InChI is InChI=1S/C21H21NO3/c1-3-16(15-9-5-4-6-10-15)21(24)25-14(2)20(23)18-13-22-19-12-8-7-11-17(18)19/h4-14,16,22H,3H2,1-2H3/t14-,16-/m1/s1. The van der Waals surface area contributed by atoms with Crippen molar-refractivity contribution in [1.29, 1.82) is 0 Å². The molecule has 0 bridgehead atoms. The molecule has 1 heterocycles. The lowest BCUT2D eigenvalue weighted by Gasteiger charge is -2.18. The van der Waals surface area contributed by atoms with Gasteiger partial charge in [-0.15, -0.1) is 0 Å². The summed E-state index contributed by atoms with van der Waals surface area (Å²) in [6.07, 6.45) is 1.47. The highest BCUT2D eigenvalue weighted by atomic mass is 16.5. The fourth-order valence-corrected chi connectivity index (χ4v) is 3.03. The minimum Gasteiger partial charge on any atom is -0.454 e. The van der Waals surface area contributed by atoms with Crippen molar-refractivity contribution in [1.82, 2.24) is 4.98 Å². The fraction of sp³-hybridized carbons (Fsp3) is 0.238. The number of hydrogen-bond acceptors (Lipinski definition) is 3. The molecule has 0 saturated carbocycles. The molecule has 0 aliphatic rings. The number of carbonyl (C=O) groups is 2. The van der Waals surface area contributed by atoms with E-state index in [2.05, 4.69) is 4.98 Å². The molecule has 0 amide bonds. The molecule has 4 heteroatoms. The molecule has 0 spiro atoms. The number of fused-ring (bicyclic) bond motifs is 1. The Morgan fingerprint density at radius 3 is 2.44 bits per heavy atom. The smallest absolute Gasteiger partial charge is 0.314 e. The number of aromatic nitrogens is 1. The molecule has 2 aromatic carbocycles. The Morgan fingerprint density at radius 1 is 1.04 bits per heavy atom. The molecule has 0 radical (unpaired) electrons. The van der Waals surface area contributed by atoms with Crippen LogP contribution >= 0.6 is 0 Å². The fourth-order valence-electron chi connectivity index (χ4n) is 3.03. The van der Waals surface area contributed by atoms with Crippen LogP contribution in [0.5, 0.6) is 0 Å². The van der Waals surface area contributed by atoms with Crippen molar-refractivity contribution in [2.45, 2.75) is 32.3 Å². The SMILES string of the molecule is CC[C@@H](C(=O)O[C@H](C)C(=O)c1c[nH]c2ccccc12)c1ccccc1. The van der Waals surface area contributed by atoms with Gasteiger partial charge in [0, 0.05) is 22.7 Å². The van der Waals surface area contributed by atoms with Crippen molar-refractivity contribution in [2.75, 3.05) is 0 Å². The van der Waals surface area contributed by atoms with Crippen molar-refractivity contribution in [3.8, 4) is 0 Å². The summed E-state index contributed by atoms with van der Waals surface area (Å²) < 4.78 is 5.49. The zero-order valence-electron chi connectivity index (χ0n) is 14.4. The minimum absolute atomic E-state index is 0.200. The van der Waals surface area contributed by atoms with Gasteiger partial charge in [-0.2, -0.15) is 0 Å². The summed E-state index contributed by atoms with van der Waals surface area (Å²) in [5.41, 5.74) is 2.34. The van der Waals surface area contributed by atoms with Gasteiger partial charge < -0.3 is 9.72 Å². The first-order chi connectivity index (χ1) is 12.1. The molecule has 3 aromatic rings. The van der Waals surface area contributed by atoms with Crippen molar-refractivity contribution in [3.05, 3.63) is 71.9 Å². The van der Waals surface area contributed by atoms with Crippen LogP contribution in [0.4, 0.5) is 0 Å². The van der Waals surface area contributed by atoms with Crippen molar-refractivity contribution >= 4 is 22.7 Å². The number of carbonyl (C=O) groups excluding carboxylic acids is 2. The summed E-state index contributed by atoms with van der Waals surface area (Å²) in [5, 5.41) is 0.838. The summed E-state index contributed by atoms with van der Waals surface area (Å²) >= 11 is 0. The van der Waals surface area contributed by atoms with E-state index in [-0.39, 0.29) is 17.7 Å². The van der Waals surface area contributed by atoms with Gasteiger partial charge in [-0.3, -0.25) is 9.59 Å². The summed E-state index contributed by atoms with van der Waals surface area (Å²) in [6, 6.07) is 17.1. The van der Waals surface area contributed by atoms with E-state index in [0.717, 1.165) is 16.5 Å². The molecule has 1 N–H and O–H groups in total. The predicted molar refractivity (Wildman–Crippen MR) is 97.7 cm³/mol. The highest BCUT2D eigenvalue weighted by Crippen LogP contribution is 2.23. The third kappa shape index (κ3) is 3.48. The number of Topliss-reactive ketones (excluding diaryl/α,β-unsaturated/α-hetero) is 1. The first-order valence-corrected chi connectivity index (χ1v) is 8.47. The maximum absolute atomic E-state index is 12.7. The molecule has 0 unspecified atom stereocenters. The molecular weight excluding hydrogens is 314 g/mol. The molecule has 0 saturated heterocycles. The van der Waals surface area contributed by atoms with Crippen LogP contribution < -0.4 is 0 Å². The average molecular weight is 335 g/mol. The number of aromatic amines is 1. The maximum atomic E-state index is 12.7. The van der Waals surface area contributed by atoms with Crippen molar-refractivity contribution in [3.63, 3.8) is 0 Å². The predicted octanol–water partition coefficient (Wildman–Crippen LogP) is 4.48. The summed E-state index contributed by atoms with van der Waals surface area (Å²) in [4.78, 5) is 28.3. The van der Waals surface area contributed by atoms with Crippen LogP contribution in [0.2, 0.25) is 0 Å². The Labute approximate surface area is 146 Å². The number of rotatable bonds is 6. The zero-order valence-corrected chi connectivity index (χ0v) is 14.4. The van der Waals surface area contributed by atoms with E-state index < -0.39 is 6.10 Å². The largest absolute Gasteiger partial charge is 0.454 e. The van der Waals surface area contributed by atoms with Crippen LogP contribution in [0.25, 0.3) is 10.9 Å². The summed E-state index contributed by atoms with van der Waals surface area (Å²) in [6.45, 7) is 3.56. The van der Waals surface area contributed by atoms with E-state index >= 15 is 0 Å². The minimum atomic E-state index is -0.829. The van der Waals surface area contributed by atoms with Crippen molar-refractivity contribution in [2.24, 2.45) is 0 Å². The number of para-hydroxylation sites is 1. The van der Waals surface area contributed by atoms with Crippen LogP contribution in [0.3, 0.4) is 0 Å². The molecule has 0 fully saturated rings.